The molecule has 110 valence electrons. The van der Waals surface area contributed by atoms with Crippen LogP contribution in [0.4, 0.5) is 0 Å². The Morgan fingerprint density at radius 2 is 2.14 bits per heavy atom. The second-order valence-corrected chi connectivity index (χ2v) is 6.68. The maximum absolute atomic E-state index is 11.2. The lowest BCUT2D eigenvalue weighted by atomic mass is 9.80. The topological polar surface area (TPSA) is 36.4 Å². The van der Waals surface area contributed by atoms with E-state index in [0.717, 1.165) is 41.5 Å². The molecule has 4 rings (SSSR count). The molecule has 2 atom stereocenters. The van der Waals surface area contributed by atoms with Gasteiger partial charge in [0, 0.05) is 23.7 Å². The van der Waals surface area contributed by atoms with Crippen LogP contribution in [0.1, 0.15) is 36.9 Å². The fourth-order valence-corrected chi connectivity index (χ4v) is 4.02. The molecule has 2 fully saturated rings. The van der Waals surface area contributed by atoms with Crippen molar-refractivity contribution in [3.8, 4) is 0 Å². The fraction of sp³-hybridized carbons (Fsp3) is 0.500. The molecule has 0 amide bonds. The molecule has 2 saturated heterocycles. The van der Waals surface area contributed by atoms with E-state index in [0.29, 0.717) is 6.04 Å². The van der Waals surface area contributed by atoms with Gasteiger partial charge in [-0.25, -0.2) is 0 Å². The van der Waals surface area contributed by atoms with Gasteiger partial charge in [0.1, 0.15) is 0 Å². The van der Waals surface area contributed by atoms with Crippen molar-refractivity contribution in [2.24, 2.45) is 0 Å². The van der Waals surface area contributed by atoms with Gasteiger partial charge in [-0.1, -0.05) is 12.1 Å². The van der Waals surface area contributed by atoms with Crippen LogP contribution in [0.3, 0.4) is 0 Å². The molecule has 2 unspecified atom stereocenters. The monoisotopic (exact) mass is 282 g/mol. The van der Waals surface area contributed by atoms with Gasteiger partial charge < -0.3 is 10.0 Å². The predicted octanol–water partition coefficient (Wildman–Crippen LogP) is 2.99. The summed E-state index contributed by atoms with van der Waals surface area (Å²) in [6.07, 6.45) is 4.23. The van der Waals surface area contributed by atoms with Crippen LogP contribution in [-0.4, -0.2) is 34.1 Å². The Kier molecular flexibility index (Phi) is 3.02. The Morgan fingerprint density at radius 1 is 1.24 bits per heavy atom. The van der Waals surface area contributed by atoms with E-state index in [-0.39, 0.29) is 0 Å². The zero-order chi connectivity index (χ0) is 14.4. The number of rotatable bonds is 1. The predicted molar refractivity (Wildman–Crippen MR) is 84.2 cm³/mol. The quantitative estimate of drug-likeness (QED) is 0.873. The largest absolute Gasteiger partial charge is 0.385 e. The molecule has 0 aliphatic carbocycles. The second-order valence-electron chi connectivity index (χ2n) is 6.68. The van der Waals surface area contributed by atoms with Crippen molar-refractivity contribution in [1.29, 1.82) is 0 Å². The number of nitrogens with zero attached hydrogens (tertiary/aromatic N) is 2. The molecule has 3 nitrogen and oxygen atoms in total. The van der Waals surface area contributed by atoms with Crippen LogP contribution in [0.15, 0.2) is 30.3 Å². The number of piperidine rings is 1. The zero-order valence-electron chi connectivity index (χ0n) is 12.5. The van der Waals surface area contributed by atoms with Crippen LogP contribution in [-0.2, 0) is 5.60 Å². The molecule has 3 heterocycles. The van der Waals surface area contributed by atoms with Crippen molar-refractivity contribution in [2.75, 3.05) is 13.1 Å². The minimum Gasteiger partial charge on any atom is -0.385 e. The average Bonchev–Trinajstić information content (AvgIpc) is 2.93. The van der Waals surface area contributed by atoms with Gasteiger partial charge in [-0.15, -0.1) is 0 Å². The molecular formula is C18H22N2O. The Hall–Kier alpha value is -1.45. The van der Waals surface area contributed by atoms with Crippen molar-refractivity contribution >= 4 is 10.9 Å². The molecule has 21 heavy (non-hydrogen) atoms. The minimum atomic E-state index is -0.662. The first-order chi connectivity index (χ1) is 10.1. The van der Waals surface area contributed by atoms with Gasteiger partial charge in [0.2, 0.25) is 0 Å². The molecule has 1 aromatic carbocycles. The van der Waals surface area contributed by atoms with E-state index in [4.69, 9.17) is 0 Å². The maximum atomic E-state index is 11.2. The summed E-state index contributed by atoms with van der Waals surface area (Å²) in [7, 11) is 0. The molecule has 0 saturated carbocycles. The van der Waals surface area contributed by atoms with E-state index >= 15 is 0 Å². The van der Waals surface area contributed by atoms with Gasteiger partial charge >= 0.3 is 0 Å². The summed E-state index contributed by atoms with van der Waals surface area (Å²) in [5.41, 5.74) is 2.45. The summed E-state index contributed by atoms with van der Waals surface area (Å²) in [5, 5.41) is 12.3. The van der Waals surface area contributed by atoms with Gasteiger partial charge in [-0.2, -0.15) is 0 Å². The molecule has 0 spiro atoms. The fourth-order valence-electron chi connectivity index (χ4n) is 4.02. The molecule has 2 aliphatic rings. The summed E-state index contributed by atoms with van der Waals surface area (Å²) < 4.78 is 0. The lowest BCUT2D eigenvalue weighted by Crippen LogP contribution is -2.45. The summed E-state index contributed by atoms with van der Waals surface area (Å²) in [6, 6.07) is 11.0. The normalized spacial score (nSPS) is 29.7. The highest BCUT2D eigenvalue weighted by Gasteiger charge is 2.41. The van der Waals surface area contributed by atoms with Gasteiger partial charge in [0.15, 0.2) is 0 Å². The van der Waals surface area contributed by atoms with Crippen molar-refractivity contribution in [3.63, 3.8) is 0 Å². The number of aliphatic hydroxyl groups is 1. The highest BCUT2D eigenvalue weighted by Crippen LogP contribution is 2.40. The minimum absolute atomic E-state index is 0.565. The van der Waals surface area contributed by atoms with Crippen LogP contribution in [0.2, 0.25) is 0 Å². The lowest BCUT2D eigenvalue weighted by Gasteiger charge is -2.41. The van der Waals surface area contributed by atoms with E-state index < -0.39 is 5.60 Å². The summed E-state index contributed by atoms with van der Waals surface area (Å²) in [6.45, 7) is 4.24. The Bertz CT molecular complexity index is 684. The lowest BCUT2D eigenvalue weighted by molar-refractivity contribution is -0.0408. The number of pyridine rings is 1. The molecule has 0 bridgehead atoms. The number of aromatic nitrogens is 1. The van der Waals surface area contributed by atoms with E-state index in [1.54, 1.807) is 0 Å². The second kappa shape index (κ2) is 4.79. The third-order valence-electron chi connectivity index (χ3n) is 5.25. The Balaban J connectivity index is 1.70. The van der Waals surface area contributed by atoms with Gasteiger partial charge in [0.25, 0.3) is 0 Å². The molecular weight excluding hydrogens is 260 g/mol. The molecule has 0 radical (unpaired) electrons. The number of hydrogen-bond acceptors (Lipinski definition) is 3. The van der Waals surface area contributed by atoms with Crippen molar-refractivity contribution in [3.05, 3.63) is 41.6 Å². The third kappa shape index (κ3) is 2.25. The number of fused-ring (bicyclic) bond motifs is 2. The van der Waals surface area contributed by atoms with Crippen LogP contribution < -0.4 is 0 Å². The van der Waals surface area contributed by atoms with Crippen LogP contribution in [0.25, 0.3) is 10.9 Å². The van der Waals surface area contributed by atoms with Crippen molar-refractivity contribution in [2.45, 2.75) is 44.2 Å². The molecule has 2 aromatic rings. The molecule has 3 heteroatoms. The van der Waals surface area contributed by atoms with E-state index in [1.807, 2.05) is 13.0 Å². The summed E-state index contributed by atoms with van der Waals surface area (Å²) >= 11 is 0. The number of hydrogen-bond donors (Lipinski definition) is 1. The standard InChI is InChI=1S/C18H22N2O/c1-13-4-5-14-11-15(6-7-17(14)19-13)18(21)8-10-20-9-2-3-16(20)12-18/h4-7,11,16,21H,2-3,8-10,12H2,1H3. The Morgan fingerprint density at radius 3 is 3.05 bits per heavy atom. The number of benzene rings is 1. The Labute approximate surface area is 125 Å². The van der Waals surface area contributed by atoms with Crippen molar-refractivity contribution < 1.29 is 5.11 Å². The zero-order valence-corrected chi connectivity index (χ0v) is 12.5. The van der Waals surface area contributed by atoms with Gasteiger partial charge in [0.05, 0.1) is 11.1 Å². The van der Waals surface area contributed by atoms with Crippen LogP contribution in [0.5, 0.6) is 0 Å². The van der Waals surface area contributed by atoms with E-state index in [2.05, 4.69) is 34.1 Å². The highest BCUT2D eigenvalue weighted by atomic mass is 16.3. The smallest absolute Gasteiger partial charge is 0.0923 e. The summed E-state index contributed by atoms with van der Waals surface area (Å²) in [4.78, 5) is 7.09. The first kappa shape index (κ1) is 13.2. The average molecular weight is 282 g/mol. The SMILES string of the molecule is Cc1ccc2cc(C3(O)CCN4CCCC4C3)ccc2n1. The van der Waals surface area contributed by atoms with Crippen LogP contribution >= 0.6 is 0 Å². The van der Waals surface area contributed by atoms with Crippen LogP contribution in [0, 0.1) is 6.92 Å². The maximum Gasteiger partial charge on any atom is 0.0923 e. The van der Waals surface area contributed by atoms with E-state index in [1.165, 1.54) is 19.4 Å². The van der Waals surface area contributed by atoms with Gasteiger partial charge in [-0.05, 0) is 62.9 Å². The number of aryl methyl sites for hydroxylation is 1. The van der Waals surface area contributed by atoms with Gasteiger partial charge in [-0.3, -0.25) is 4.98 Å². The summed E-state index contributed by atoms with van der Waals surface area (Å²) in [5.74, 6) is 0. The van der Waals surface area contributed by atoms with E-state index in [9.17, 15) is 5.11 Å². The highest BCUT2D eigenvalue weighted by molar-refractivity contribution is 5.79. The molecule has 2 aliphatic heterocycles. The first-order valence-corrected chi connectivity index (χ1v) is 7.98. The molecule has 1 aromatic heterocycles. The molecule has 1 N–H and O–H groups in total. The van der Waals surface area contributed by atoms with Crippen molar-refractivity contribution in [1.82, 2.24) is 9.88 Å². The third-order valence-corrected chi connectivity index (χ3v) is 5.25. The first-order valence-electron chi connectivity index (χ1n) is 7.98.